The van der Waals surface area contributed by atoms with Gasteiger partial charge in [0.25, 0.3) is 0 Å². The largest absolute Gasteiger partial charge is 0.480 e. The molecule has 0 aliphatic heterocycles. The number of amides is 3. The second-order valence-corrected chi connectivity index (χ2v) is 5.82. The summed E-state index contributed by atoms with van der Waals surface area (Å²) in [4.78, 5) is 35.6. The fourth-order valence-electron chi connectivity index (χ4n) is 2.45. The Morgan fingerprint density at radius 2 is 1.90 bits per heavy atom. The molecule has 0 aromatic heterocycles. The highest BCUT2D eigenvalue weighted by Crippen LogP contribution is 2.23. The van der Waals surface area contributed by atoms with Crippen LogP contribution in [0.2, 0.25) is 0 Å². The van der Waals surface area contributed by atoms with E-state index < -0.39 is 23.9 Å². The van der Waals surface area contributed by atoms with Gasteiger partial charge in [-0.25, -0.2) is 4.79 Å². The third kappa shape index (κ3) is 5.71. The van der Waals surface area contributed by atoms with Crippen molar-refractivity contribution in [2.75, 3.05) is 13.6 Å². The monoisotopic (exact) mass is 299 g/mol. The minimum Gasteiger partial charge on any atom is -0.480 e. The number of carboxylic acid groups (broad SMARTS) is 1. The molecule has 0 heterocycles. The Kier molecular flexibility index (Phi) is 6.61. The number of hydrogen-bond donors (Lipinski definition) is 3. The predicted octanol–water partition coefficient (Wildman–Crippen LogP) is 0.796. The first-order valence-corrected chi connectivity index (χ1v) is 7.34. The number of carbonyl (C=O) groups excluding carboxylic acids is 2. The lowest BCUT2D eigenvalue weighted by Crippen LogP contribution is -2.50. The summed E-state index contributed by atoms with van der Waals surface area (Å²) in [6, 6.07) is -1.19. The fraction of sp³-hybridized carbons (Fsp3) is 0.786. The number of likely N-dealkylation sites (N-methyl/N-ethyl adjacent to an activating group) is 1. The Hall–Kier alpha value is -1.63. The SMILES string of the molecule is CC1CCCCC1NC(=O)NC(=O)CN(C)C(C)C(=O)O. The number of aliphatic carboxylic acids is 1. The van der Waals surface area contributed by atoms with E-state index in [1.54, 1.807) is 0 Å². The van der Waals surface area contributed by atoms with Crippen molar-refractivity contribution >= 4 is 17.9 Å². The summed E-state index contributed by atoms with van der Waals surface area (Å²) in [6.07, 6.45) is 4.27. The van der Waals surface area contributed by atoms with E-state index in [9.17, 15) is 14.4 Å². The third-order valence-electron chi connectivity index (χ3n) is 4.09. The molecule has 1 aliphatic rings. The van der Waals surface area contributed by atoms with Crippen LogP contribution in [0.25, 0.3) is 0 Å². The van der Waals surface area contributed by atoms with E-state index in [0.717, 1.165) is 19.3 Å². The van der Waals surface area contributed by atoms with Gasteiger partial charge in [-0.2, -0.15) is 0 Å². The molecular formula is C14H25N3O4. The summed E-state index contributed by atoms with van der Waals surface area (Å²) in [5.41, 5.74) is 0. The number of rotatable bonds is 5. The van der Waals surface area contributed by atoms with Gasteiger partial charge in [-0.3, -0.25) is 19.8 Å². The van der Waals surface area contributed by atoms with Crippen LogP contribution >= 0.6 is 0 Å². The summed E-state index contributed by atoms with van der Waals surface area (Å²) in [5.74, 6) is -1.10. The molecular weight excluding hydrogens is 274 g/mol. The normalized spacial score (nSPS) is 23.4. The Balaban J connectivity index is 2.36. The van der Waals surface area contributed by atoms with Crippen molar-refractivity contribution in [2.45, 2.75) is 51.6 Å². The van der Waals surface area contributed by atoms with E-state index in [4.69, 9.17) is 5.11 Å². The quantitative estimate of drug-likeness (QED) is 0.697. The summed E-state index contributed by atoms with van der Waals surface area (Å²) >= 11 is 0. The lowest BCUT2D eigenvalue weighted by Gasteiger charge is -2.29. The predicted molar refractivity (Wildman–Crippen MR) is 77.8 cm³/mol. The molecule has 1 saturated carbocycles. The number of carboxylic acids is 1. The van der Waals surface area contributed by atoms with Crippen LogP contribution in [0.15, 0.2) is 0 Å². The molecule has 120 valence electrons. The lowest BCUT2D eigenvalue weighted by atomic mass is 9.86. The summed E-state index contributed by atoms with van der Waals surface area (Å²) < 4.78 is 0. The van der Waals surface area contributed by atoms with Crippen LogP contribution in [0.4, 0.5) is 4.79 Å². The molecule has 3 N–H and O–H groups in total. The zero-order chi connectivity index (χ0) is 16.0. The van der Waals surface area contributed by atoms with E-state index in [-0.39, 0.29) is 12.6 Å². The van der Waals surface area contributed by atoms with Gasteiger partial charge in [0.2, 0.25) is 5.91 Å². The van der Waals surface area contributed by atoms with E-state index >= 15 is 0 Å². The second kappa shape index (κ2) is 7.97. The van der Waals surface area contributed by atoms with Crippen LogP contribution in [0, 0.1) is 5.92 Å². The summed E-state index contributed by atoms with van der Waals surface area (Å²) in [6.45, 7) is 3.44. The number of nitrogens with one attached hydrogen (secondary N) is 2. The molecule has 21 heavy (non-hydrogen) atoms. The summed E-state index contributed by atoms with van der Waals surface area (Å²) in [7, 11) is 1.53. The Morgan fingerprint density at radius 1 is 1.29 bits per heavy atom. The van der Waals surface area contributed by atoms with Gasteiger partial charge in [0, 0.05) is 6.04 Å². The van der Waals surface area contributed by atoms with E-state index in [2.05, 4.69) is 17.6 Å². The summed E-state index contributed by atoms with van der Waals surface area (Å²) in [5, 5.41) is 13.9. The van der Waals surface area contributed by atoms with Crippen LogP contribution in [0.3, 0.4) is 0 Å². The van der Waals surface area contributed by atoms with Crippen molar-refractivity contribution in [2.24, 2.45) is 5.92 Å². The van der Waals surface area contributed by atoms with Gasteiger partial charge in [-0.15, -0.1) is 0 Å². The number of imide groups is 1. The molecule has 3 unspecified atom stereocenters. The topological polar surface area (TPSA) is 98.7 Å². The first-order chi connectivity index (χ1) is 9.81. The number of urea groups is 1. The Labute approximate surface area is 125 Å². The molecule has 1 rings (SSSR count). The van der Waals surface area contributed by atoms with E-state index in [1.165, 1.54) is 25.3 Å². The van der Waals surface area contributed by atoms with Gasteiger partial charge >= 0.3 is 12.0 Å². The number of nitrogens with zero attached hydrogens (tertiary/aromatic N) is 1. The van der Waals surface area contributed by atoms with Gasteiger partial charge in [0.05, 0.1) is 6.54 Å². The standard InChI is InChI=1S/C14H25N3O4/c1-9-6-4-5-7-11(9)15-14(21)16-12(18)8-17(3)10(2)13(19)20/h9-11H,4-8H2,1-3H3,(H,19,20)(H2,15,16,18,21). The fourth-order valence-corrected chi connectivity index (χ4v) is 2.45. The van der Waals surface area contributed by atoms with Crippen molar-refractivity contribution in [1.82, 2.24) is 15.5 Å². The van der Waals surface area contributed by atoms with Crippen molar-refractivity contribution in [3.8, 4) is 0 Å². The van der Waals surface area contributed by atoms with Crippen LogP contribution in [0.5, 0.6) is 0 Å². The van der Waals surface area contributed by atoms with E-state index in [0.29, 0.717) is 5.92 Å². The first-order valence-electron chi connectivity index (χ1n) is 7.34. The zero-order valence-corrected chi connectivity index (χ0v) is 12.9. The molecule has 0 radical (unpaired) electrons. The third-order valence-corrected chi connectivity index (χ3v) is 4.09. The van der Waals surface area contributed by atoms with Gasteiger partial charge < -0.3 is 10.4 Å². The van der Waals surface area contributed by atoms with Gasteiger partial charge in [0.15, 0.2) is 0 Å². The van der Waals surface area contributed by atoms with Crippen LogP contribution < -0.4 is 10.6 Å². The molecule has 1 aliphatic carbocycles. The Morgan fingerprint density at radius 3 is 2.48 bits per heavy atom. The molecule has 0 saturated heterocycles. The van der Waals surface area contributed by atoms with Crippen LogP contribution in [-0.4, -0.2) is 53.6 Å². The van der Waals surface area contributed by atoms with Crippen LogP contribution in [-0.2, 0) is 9.59 Å². The molecule has 3 amide bonds. The molecule has 3 atom stereocenters. The second-order valence-electron chi connectivity index (χ2n) is 5.82. The van der Waals surface area contributed by atoms with Gasteiger partial charge in [-0.05, 0) is 32.7 Å². The first kappa shape index (κ1) is 17.4. The highest BCUT2D eigenvalue weighted by molar-refractivity contribution is 5.95. The smallest absolute Gasteiger partial charge is 0.321 e. The van der Waals surface area contributed by atoms with Crippen molar-refractivity contribution in [3.05, 3.63) is 0 Å². The van der Waals surface area contributed by atoms with Crippen molar-refractivity contribution in [3.63, 3.8) is 0 Å². The zero-order valence-electron chi connectivity index (χ0n) is 12.9. The molecule has 0 bridgehead atoms. The van der Waals surface area contributed by atoms with Crippen molar-refractivity contribution in [1.29, 1.82) is 0 Å². The minimum absolute atomic E-state index is 0.0993. The minimum atomic E-state index is -1.01. The highest BCUT2D eigenvalue weighted by atomic mass is 16.4. The Bertz CT molecular complexity index is 400. The molecule has 0 aromatic carbocycles. The van der Waals surface area contributed by atoms with Crippen LogP contribution in [0.1, 0.15) is 39.5 Å². The average molecular weight is 299 g/mol. The number of hydrogen-bond acceptors (Lipinski definition) is 4. The van der Waals surface area contributed by atoms with Gasteiger partial charge in [-0.1, -0.05) is 19.8 Å². The molecule has 0 spiro atoms. The average Bonchev–Trinajstić information content (AvgIpc) is 2.39. The van der Waals surface area contributed by atoms with Gasteiger partial charge in [0.1, 0.15) is 6.04 Å². The maximum Gasteiger partial charge on any atom is 0.321 e. The highest BCUT2D eigenvalue weighted by Gasteiger charge is 2.24. The number of carbonyl (C=O) groups is 3. The molecule has 0 aromatic rings. The molecule has 7 heteroatoms. The maximum absolute atomic E-state index is 11.8. The lowest BCUT2D eigenvalue weighted by molar-refractivity contribution is -0.142. The van der Waals surface area contributed by atoms with Crippen molar-refractivity contribution < 1.29 is 19.5 Å². The molecule has 1 fully saturated rings. The molecule has 7 nitrogen and oxygen atoms in total. The maximum atomic E-state index is 11.8. The van der Waals surface area contributed by atoms with E-state index in [1.807, 2.05) is 0 Å².